The molecule has 0 aromatic carbocycles. The largest absolute Gasteiger partial charge is 0.369 e. The van der Waals surface area contributed by atoms with Crippen LogP contribution in [0.2, 0.25) is 0 Å². The molecule has 0 aliphatic carbocycles. The third kappa shape index (κ3) is 3.76. The topological polar surface area (TPSA) is 62.3 Å². The predicted molar refractivity (Wildman–Crippen MR) is 87.9 cm³/mol. The molecule has 1 N–H and O–H groups in total. The van der Waals surface area contributed by atoms with E-state index in [-0.39, 0.29) is 4.90 Å². The van der Waals surface area contributed by atoms with Crippen molar-refractivity contribution < 1.29 is 8.42 Å². The van der Waals surface area contributed by atoms with Crippen molar-refractivity contribution in [2.45, 2.75) is 38.0 Å². The summed E-state index contributed by atoms with van der Waals surface area (Å²) >= 11 is 3.31. The zero-order valence-electron chi connectivity index (χ0n) is 12.5. The van der Waals surface area contributed by atoms with Crippen LogP contribution in [-0.2, 0) is 10.0 Å². The molecule has 0 amide bonds. The van der Waals surface area contributed by atoms with Gasteiger partial charge in [0.15, 0.2) is 0 Å². The molecule has 7 heteroatoms. The van der Waals surface area contributed by atoms with Gasteiger partial charge in [-0.05, 0) is 47.7 Å². The Morgan fingerprint density at radius 1 is 1.38 bits per heavy atom. The molecule has 1 aromatic rings. The van der Waals surface area contributed by atoms with Crippen LogP contribution in [0, 0.1) is 5.92 Å². The van der Waals surface area contributed by atoms with Crippen LogP contribution in [-0.4, -0.2) is 37.3 Å². The van der Waals surface area contributed by atoms with Crippen LogP contribution in [0.4, 0.5) is 5.82 Å². The average Bonchev–Trinajstić information content (AvgIpc) is 2.49. The number of pyridine rings is 1. The molecule has 21 heavy (non-hydrogen) atoms. The van der Waals surface area contributed by atoms with Crippen molar-refractivity contribution in [3.63, 3.8) is 0 Å². The van der Waals surface area contributed by atoms with E-state index in [0.717, 1.165) is 19.3 Å². The van der Waals surface area contributed by atoms with Crippen LogP contribution in [0.5, 0.6) is 0 Å². The van der Waals surface area contributed by atoms with Gasteiger partial charge in [-0.2, -0.15) is 4.31 Å². The number of aromatic nitrogens is 1. The summed E-state index contributed by atoms with van der Waals surface area (Å²) in [5, 5.41) is 3.03. The zero-order chi connectivity index (χ0) is 15.5. The summed E-state index contributed by atoms with van der Waals surface area (Å²) in [4.78, 5) is 4.45. The molecule has 1 aliphatic rings. The van der Waals surface area contributed by atoms with Crippen molar-refractivity contribution in [3.8, 4) is 0 Å². The van der Waals surface area contributed by atoms with E-state index in [1.165, 1.54) is 0 Å². The first kappa shape index (κ1) is 16.7. The van der Waals surface area contributed by atoms with Gasteiger partial charge in [0.1, 0.15) is 10.7 Å². The Morgan fingerprint density at radius 2 is 2.05 bits per heavy atom. The molecule has 0 unspecified atom stereocenters. The molecule has 0 saturated carbocycles. The second-order valence-electron chi connectivity index (χ2n) is 5.29. The molecule has 1 saturated heterocycles. The quantitative estimate of drug-likeness (QED) is 0.858. The normalized spacial score (nSPS) is 17.9. The van der Waals surface area contributed by atoms with Gasteiger partial charge in [0.05, 0.1) is 0 Å². The van der Waals surface area contributed by atoms with Gasteiger partial charge >= 0.3 is 0 Å². The Morgan fingerprint density at radius 3 is 2.62 bits per heavy atom. The van der Waals surface area contributed by atoms with Gasteiger partial charge in [-0.3, -0.25) is 0 Å². The number of anilines is 1. The second-order valence-corrected chi connectivity index (χ2v) is 8.11. The van der Waals surface area contributed by atoms with E-state index in [1.54, 1.807) is 16.6 Å². The van der Waals surface area contributed by atoms with E-state index < -0.39 is 10.0 Å². The minimum Gasteiger partial charge on any atom is -0.369 e. The highest BCUT2D eigenvalue weighted by atomic mass is 79.9. The van der Waals surface area contributed by atoms with Crippen molar-refractivity contribution in [3.05, 3.63) is 16.7 Å². The molecule has 1 fully saturated rings. The van der Waals surface area contributed by atoms with Crippen molar-refractivity contribution in [2.24, 2.45) is 5.92 Å². The van der Waals surface area contributed by atoms with Crippen molar-refractivity contribution in [1.29, 1.82) is 0 Å². The summed E-state index contributed by atoms with van der Waals surface area (Å²) in [5.74, 6) is 1.07. The smallest absolute Gasteiger partial charge is 0.246 e. The Hall–Kier alpha value is -0.660. The van der Waals surface area contributed by atoms with E-state index in [1.807, 2.05) is 6.92 Å². The highest BCUT2D eigenvalue weighted by Crippen LogP contribution is 2.29. The lowest BCUT2D eigenvalue weighted by Crippen LogP contribution is -2.38. The summed E-state index contributed by atoms with van der Waals surface area (Å²) < 4.78 is 28.0. The van der Waals surface area contributed by atoms with E-state index in [9.17, 15) is 8.42 Å². The second kappa shape index (κ2) is 7.07. The monoisotopic (exact) mass is 375 g/mol. The number of sulfonamides is 1. The molecule has 0 atom stereocenters. The Balaban J connectivity index is 2.29. The molecular weight excluding hydrogens is 354 g/mol. The van der Waals surface area contributed by atoms with Gasteiger partial charge in [-0.15, -0.1) is 0 Å². The van der Waals surface area contributed by atoms with Gasteiger partial charge in [-0.1, -0.05) is 13.3 Å². The zero-order valence-corrected chi connectivity index (χ0v) is 14.9. The summed E-state index contributed by atoms with van der Waals surface area (Å²) in [6.45, 7) is 5.91. The highest BCUT2D eigenvalue weighted by molar-refractivity contribution is 9.10. The van der Waals surface area contributed by atoms with Crippen LogP contribution in [0.15, 0.2) is 21.6 Å². The van der Waals surface area contributed by atoms with Gasteiger partial charge in [0, 0.05) is 30.3 Å². The lowest BCUT2D eigenvalue weighted by Gasteiger charge is -2.31. The molecule has 0 spiro atoms. The minimum atomic E-state index is -3.49. The fourth-order valence-electron chi connectivity index (χ4n) is 2.61. The van der Waals surface area contributed by atoms with Crippen LogP contribution in [0.25, 0.3) is 0 Å². The highest BCUT2D eigenvalue weighted by Gasteiger charge is 2.31. The first-order valence-corrected chi connectivity index (χ1v) is 9.61. The lowest BCUT2D eigenvalue weighted by molar-refractivity contribution is 0.269. The molecule has 0 radical (unpaired) electrons. The van der Waals surface area contributed by atoms with E-state index >= 15 is 0 Å². The minimum absolute atomic E-state index is 0.258. The number of rotatable bonds is 5. The third-order valence-electron chi connectivity index (χ3n) is 3.93. The Kier molecular flexibility index (Phi) is 5.62. The molecule has 118 valence electrons. The molecule has 2 rings (SSSR count). The fourth-order valence-corrected chi connectivity index (χ4v) is 4.71. The van der Waals surface area contributed by atoms with Crippen LogP contribution < -0.4 is 5.32 Å². The molecule has 1 aliphatic heterocycles. The van der Waals surface area contributed by atoms with Gasteiger partial charge in [0.2, 0.25) is 10.0 Å². The maximum absolute atomic E-state index is 12.9. The maximum atomic E-state index is 12.9. The lowest BCUT2D eigenvalue weighted by atomic mass is 9.96. The van der Waals surface area contributed by atoms with Crippen molar-refractivity contribution in [2.75, 3.05) is 25.0 Å². The maximum Gasteiger partial charge on any atom is 0.246 e. The standard InChI is InChI=1S/C14H22BrN3O2S/c1-3-11-5-7-18(8-6-11)21(19,20)13-9-12(15)10-17-14(13)16-4-2/h9-11H,3-8H2,1-2H3,(H,16,17). The number of halogens is 1. The van der Waals surface area contributed by atoms with E-state index in [4.69, 9.17) is 0 Å². The summed E-state index contributed by atoms with van der Waals surface area (Å²) in [5.41, 5.74) is 0. The van der Waals surface area contributed by atoms with E-state index in [0.29, 0.717) is 35.8 Å². The Bertz CT molecular complexity index is 584. The van der Waals surface area contributed by atoms with Gasteiger partial charge < -0.3 is 5.32 Å². The molecule has 0 bridgehead atoms. The number of hydrogen-bond acceptors (Lipinski definition) is 4. The average molecular weight is 376 g/mol. The summed E-state index contributed by atoms with van der Waals surface area (Å²) in [7, 11) is -3.49. The predicted octanol–water partition coefficient (Wildman–Crippen LogP) is 3.09. The van der Waals surface area contributed by atoms with Crippen molar-refractivity contribution in [1.82, 2.24) is 9.29 Å². The van der Waals surface area contributed by atoms with Crippen LogP contribution in [0.3, 0.4) is 0 Å². The first-order chi connectivity index (χ1) is 9.98. The van der Waals surface area contributed by atoms with Crippen LogP contribution >= 0.6 is 15.9 Å². The first-order valence-electron chi connectivity index (χ1n) is 7.38. The molecular formula is C14H22BrN3O2S. The summed E-state index contributed by atoms with van der Waals surface area (Å²) in [6, 6.07) is 1.63. The third-order valence-corrected chi connectivity index (χ3v) is 6.28. The summed E-state index contributed by atoms with van der Waals surface area (Å²) in [6.07, 6.45) is 4.61. The number of nitrogens with zero attached hydrogens (tertiary/aromatic N) is 2. The molecule has 5 nitrogen and oxygen atoms in total. The molecule has 1 aromatic heterocycles. The number of piperidine rings is 1. The van der Waals surface area contributed by atoms with E-state index in [2.05, 4.69) is 33.2 Å². The van der Waals surface area contributed by atoms with Gasteiger partial charge in [0.25, 0.3) is 0 Å². The Labute approximate surface area is 135 Å². The number of hydrogen-bond donors (Lipinski definition) is 1. The number of nitrogens with one attached hydrogen (secondary N) is 1. The van der Waals surface area contributed by atoms with Crippen molar-refractivity contribution >= 4 is 31.8 Å². The molecule has 2 heterocycles. The fraction of sp³-hybridized carbons (Fsp3) is 0.643. The van der Waals surface area contributed by atoms with Crippen LogP contribution in [0.1, 0.15) is 33.1 Å². The van der Waals surface area contributed by atoms with Gasteiger partial charge in [-0.25, -0.2) is 13.4 Å². The SMILES string of the molecule is CCNc1ncc(Br)cc1S(=O)(=O)N1CCC(CC)CC1.